The summed E-state index contributed by atoms with van der Waals surface area (Å²) in [6.07, 6.45) is 2.36. The van der Waals surface area contributed by atoms with E-state index in [1.54, 1.807) is 7.11 Å². The van der Waals surface area contributed by atoms with E-state index in [-0.39, 0.29) is 30.1 Å². The summed E-state index contributed by atoms with van der Waals surface area (Å²) in [5.41, 5.74) is 3.10. The van der Waals surface area contributed by atoms with Crippen LogP contribution in [0.3, 0.4) is 0 Å². The van der Waals surface area contributed by atoms with Crippen molar-refractivity contribution in [3.8, 4) is 11.6 Å². The van der Waals surface area contributed by atoms with Crippen molar-refractivity contribution in [1.29, 1.82) is 0 Å². The molecule has 0 bridgehead atoms. The summed E-state index contributed by atoms with van der Waals surface area (Å²) in [5.74, 6) is 2.20. The Morgan fingerprint density at radius 2 is 2.13 bits per heavy atom. The fourth-order valence-corrected chi connectivity index (χ4v) is 3.24. The number of guanidine groups is 1. The molecule has 2 N–H and O–H groups in total. The Kier molecular flexibility index (Phi) is 10.9. The molecule has 1 unspecified atom stereocenters. The molecular formula is C23H33IN4O3. The molecule has 1 fully saturated rings. The normalized spacial score (nSPS) is 15.8. The van der Waals surface area contributed by atoms with Gasteiger partial charge in [0.15, 0.2) is 5.96 Å². The van der Waals surface area contributed by atoms with Crippen LogP contribution in [0.4, 0.5) is 0 Å². The van der Waals surface area contributed by atoms with Crippen LogP contribution < -0.4 is 20.1 Å². The summed E-state index contributed by atoms with van der Waals surface area (Å²) in [4.78, 5) is 9.16. The Morgan fingerprint density at radius 1 is 1.26 bits per heavy atom. The third kappa shape index (κ3) is 8.17. The molecule has 1 aliphatic rings. The van der Waals surface area contributed by atoms with Gasteiger partial charge in [-0.1, -0.05) is 18.2 Å². The zero-order chi connectivity index (χ0) is 21.2. The van der Waals surface area contributed by atoms with Crippen LogP contribution >= 0.6 is 24.0 Å². The molecule has 1 aromatic heterocycles. The summed E-state index contributed by atoms with van der Waals surface area (Å²) < 4.78 is 17.0. The molecule has 0 aliphatic carbocycles. The molecule has 1 saturated heterocycles. The molecule has 31 heavy (non-hydrogen) atoms. The van der Waals surface area contributed by atoms with Crippen LogP contribution in [0, 0.1) is 6.92 Å². The van der Waals surface area contributed by atoms with Crippen molar-refractivity contribution in [3.63, 3.8) is 0 Å². The second kappa shape index (κ2) is 13.4. The number of pyridine rings is 1. The number of aromatic nitrogens is 1. The van der Waals surface area contributed by atoms with Gasteiger partial charge in [0, 0.05) is 24.8 Å². The average Bonchev–Trinajstić information content (AvgIpc) is 3.29. The van der Waals surface area contributed by atoms with E-state index in [0.29, 0.717) is 25.6 Å². The Labute approximate surface area is 202 Å². The van der Waals surface area contributed by atoms with E-state index in [0.717, 1.165) is 49.0 Å². The quantitative estimate of drug-likeness (QED) is 0.286. The molecule has 1 atom stereocenters. The van der Waals surface area contributed by atoms with Crippen molar-refractivity contribution in [2.24, 2.45) is 4.99 Å². The van der Waals surface area contributed by atoms with E-state index in [1.165, 1.54) is 5.56 Å². The molecule has 7 nitrogen and oxygen atoms in total. The number of halogens is 1. The predicted molar refractivity (Wildman–Crippen MR) is 134 cm³/mol. The highest BCUT2D eigenvalue weighted by atomic mass is 127. The van der Waals surface area contributed by atoms with Gasteiger partial charge in [0.05, 0.1) is 32.0 Å². The van der Waals surface area contributed by atoms with Crippen molar-refractivity contribution in [3.05, 3.63) is 53.2 Å². The number of aryl methyl sites for hydroxylation is 1. The van der Waals surface area contributed by atoms with E-state index in [4.69, 9.17) is 19.2 Å². The van der Waals surface area contributed by atoms with Crippen LogP contribution in [0.25, 0.3) is 0 Å². The molecule has 1 aliphatic heterocycles. The van der Waals surface area contributed by atoms with Crippen molar-refractivity contribution in [2.45, 2.75) is 45.9 Å². The van der Waals surface area contributed by atoms with E-state index >= 15 is 0 Å². The van der Waals surface area contributed by atoms with Crippen molar-refractivity contribution < 1.29 is 14.2 Å². The summed E-state index contributed by atoms with van der Waals surface area (Å²) in [7, 11) is 1.62. The van der Waals surface area contributed by atoms with Gasteiger partial charge in [-0.05, 0) is 44.4 Å². The van der Waals surface area contributed by atoms with Gasteiger partial charge in [0.25, 0.3) is 0 Å². The maximum atomic E-state index is 6.09. The van der Waals surface area contributed by atoms with Crippen LogP contribution in [0.2, 0.25) is 0 Å². The Balaban J connectivity index is 0.00000341. The second-order valence-electron chi connectivity index (χ2n) is 7.28. The number of rotatable bonds is 9. The number of aliphatic imine (C=N–C) groups is 1. The first-order chi connectivity index (χ1) is 14.7. The highest BCUT2D eigenvalue weighted by molar-refractivity contribution is 14.0. The molecule has 170 valence electrons. The molecule has 3 rings (SSSR count). The maximum absolute atomic E-state index is 6.09. The number of methoxy groups -OCH3 is 1. The van der Waals surface area contributed by atoms with Gasteiger partial charge < -0.3 is 24.8 Å². The fraction of sp³-hybridized carbons (Fsp3) is 0.478. The highest BCUT2D eigenvalue weighted by Gasteiger charge is 2.17. The second-order valence-corrected chi connectivity index (χ2v) is 7.28. The highest BCUT2D eigenvalue weighted by Crippen LogP contribution is 2.23. The zero-order valence-electron chi connectivity index (χ0n) is 18.5. The molecule has 1 aromatic carbocycles. The monoisotopic (exact) mass is 540 g/mol. The number of benzene rings is 1. The third-order valence-corrected chi connectivity index (χ3v) is 4.85. The number of nitrogens with one attached hydrogen (secondary N) is 2. The molecule has 0 spiro atoms. The minimum Gasteiger partial charge on any atom is -0.491 e. The molecule has 0 radical (unpaired) electrons. The number of nitrogens with zero attached hydrogens (tertiary/aromatic N) is 2. The average molecular weight is 540 g/mol. The minimum atomic E-state index is 0. The van der Waals surface area contributed by atoms with E-state index in [1.807, 2.05) is 25.1 Å². The lowest BCUT2D eigenvalue weighted by atomic mass is 10.1. The fourth-order valence-electron chi connectivity index (χ4n) is 3.24. The summed E-state index contributed by atoms with van der Waals surface area (Å²) >= 11 is 0. The lowest BCUT2D eigenvalue weighted by Crippen LogP contribution is -2.37. The number of hydrogen-bond acceptors (Lipinski definition) is 5. The zero-order valence-corrected chi connectivity index (χ0v) is 20.8. The van der Waals surface area contributed by atoms with E-state index in [9.17, 15) is 0 Å². The Morgan fingerprint density at radius 3 is 2.87 bits per heavy atom. The Bertz CT molecular complexity index is 841. The standard InChI is InChI=1S/C23H32N4O3.HI/c1-4-24-23(26-15-19-7-5-9-22(27-19)28-3)25-14-18-11-10-17(2)13-21(18)30-16-20-8-6-12-29-20;/h5,7,9-11,13,20H,4,6,8,12,14-16H2,1-3H3,(H2,24,25,26);1H. The molecule has 0 saturated carbocycles. The van der Waals surface area contributed by atoms with Gasteiger partial charge in [-0.3, -0.25) is 0 Å². The van der Waals surface area contributed by atoms with Crippen molar-refractivity contribution in [1.82, 2.24) is 15.6 Å². The largest absolute Gasteiger partial charge is 0.491 e. The third-order valence-electron chi connectivity index (χ3n) is 4.85. The van der Waals surface area contributed by atoms with Gasteiger partial charge in [0.1, 0.15) is 12.4 Å². The van der Waals surface area contributed by atoms with Crippen LogP contribution in [-0.4, -0.2) is 43.9 Å². The van der Waals surface area contributed by atoms with Gasteiger partial charge >= 0.3 is 0 Å². The molecule has 2 aromatic rings. The Hall–Kier alpha value is -2.07. The summed E-state index contributed by atoms with van der Waals surface area (Å²) in [6, 6.07) is 12.0. The van der Waals surface area contributed by atoms with Crippen LogP contribution in [0.1, 0.15) is 36.6 Å². The van der Waals surface area contributed by atoms with Gasteiger partial charge in [-0.25, -0.2) is 9.98 Å². The van der Waals surface area contributed by atoms with Gasteiger partial charge in [0.2, 0.25) is 5.88 Å². The van der Waals surface area contributed by atoms with Crippen LogP contribution in [0.5, 0.6) is 11.6 Å². The molecule has 0 amide bonds. The first kappa shape index (κ1) is 25.2. The maximum Gasteiger partial charge on any atom is 0.213 e. The lowest BCUT2D eigenvalue weighted by molar-refractivity contribution is 0.0676. The first-order valence-corrected chi connectivity index (χ1v) is 10.5. The predicted octanol–water partition coefficient (Wildman–Crippen LogP) is 3.83. The van der Waals surface area contributed by atoms with E-state index < -0.39 is 0 Å². The van der Waals surface area contributed by atoms with Crippen LogP contribution in [0.15, 0.2) is 41.4 Å². The molecule has 8 heteroatoms. The lowest BCUT2D eigenvalue weighted by Gasteiger charge is -2.15. The minimum absolute atomic E-state index is 0. The van der Waals surface area contributed by atoms with E-state index in [2.05, 4.69) is 40.7 Å². The SMILES string of the molecule is CCNC(=NCc1ccc(C)cc1OCC1CCCO1)NCc1cccc(OC)n1.I. The van der Waals surface area contributed by atoms with Crippen LogP contribution in [-0.2, 0) is 17.8 Å². The number of hydrogen-bond donors (Lipinski definition) is 2. The first-order valence-electron chi connectivity index (χ1n) is 10.5. The summed E-state index contributed by atoms with van der Waals surface area (Å²) in [5, 5.41) is 6.60. The smallest absolute Gasteiger partial charge is 0.213 e. The van der Waals surface area contributed by atoms with Crippen molar-refractivity contribution >= 4 is 29.9 Å². The topological polar surface area (TPSA) is 77.0 Å². The molecule has 2 heterocycles. The van der Waals surface area contributed by atoms with Gasteiger partial charge in [-0.15, -0.1) is 24.0 Å². The summed E-state index contributed by atoms with van der Waals surface area (Å²) in [6.45, 7) is 7.37. The molecular weight excluding hydrogens is 507 g/mol. The number of ether oxygens (including phenoxy) is 3. The van der Waals surface area contributed by atoms with Gasteiger partial charge in [-0.2, -0.15) is 0 Å². The van der Waals surface area contributed by atoms with Crippen molar-refractivity contribution in [2.75, 3.05) is 26.9 Å².